The van der Waals surface area contributed by atoms with E-state index in [4.69, 9.17) is 119 Å². The molecule has 3 atom stereocenters. The fourth-order valence-corrected chi connectivity index (χ4v) is 20.1. The summed E-state index contributed by atoms with van der Waals surface area (Å²) in [5.41, 5.74) is 14.1. The van der Waals surface area contributed by atoms with Gasteiger partial charge in [-0.05, 0) is 163 Å². The number of imide groups is 2. The molecular weight excluding hydrogens is 1890 g/mol. The van der Waals surface area contributed by atoms with Gasteiger partial charge in [0.15, 0.2) is 19.7 Å². The first-order chi connectivity index (χ1) is 63.1. The van der Waals surface area contributed by atoms with Crippen LogP contribution < -0.4 is 15.8 Å². The van der Waals surface area contributed by atoms with Crippen molar-refractivity contribution in [2.45, 2.75) is 103 Å². The number of amides is 5. The number of carbonyl (C=O) groups is 8. The molecule has 5 heterocycles. The molecular formula is C89H113Cl6FN8O24S3. The summed E-state index contributed by atoms with van der Waals surface area (Å²) in [6, 6.07) is 32.2. The molecule has 5 amide bonds. The minimum Gasteiger partial charge on any atom is -0.379 e. The van der Waals surface area contributed by atoms with Crippen LogP contribution in [0.1, 0.15) is 121 Å². The highest BCUT2D eigenvalue weighted by Crippen LogP contribution is 2.43. The number of sulfone groups is 2. The average Bonchev–Trinajstić information content (AvgIpc) is 0.957. The van der Waals surface area contributed by atoms with Crippen molar-refractivity contribution < 1.29 is 117 Å². The van der Waals surface area contributed by atoms with E-state index in [1.165, 1.54) is 0 Å². The molecule has 2 saturated heterocycles. The Hall–Kier alpha value is -7.16. The zero-order valence-electron chi connectivity index (χ0n) is 74.2. The lowest BCUT2D eigenvalue weighted by atomic mass is 9.85. The minimum atomic E-state index is -3.79. The Morgan fingerprint density at radius 2 is 0.779 bits per heavy atom. The summed E-state index contributed by atoms with van der Waals surface area (Å²) >= 11 is 38.5. The van der Waals surface area contributed by atoms with Crippen LogP contribution in [0.25, 0.3) is 0 Å². The molecule has 5 aliphatic rings. The number of sulfonamides is 1. The molecule has 3 unspecified atom stereocenters. The molecule has 0 bridgehead atoms. The zero-order valence-corrected chi connectivity index (χ0v) is 80.2. The van der Waals surface area contributed by atoms with E-state index in [2.05, 4.69) is 29.6 Å². The largest absolute Gasteiger partial charge is 0.401 e. The van der Waals surface area contributed by atoms with Crippen molar-refractivity contribution >= 4 is 146 Å². The maximum Gasteiger partial charge on any atom is 0.401 e. The van der Waals surface area contributed by atoms with E-state index in [0.717, 1.165) is 63.2 Å². The van der Waals surface area contributed by atoms with Crippen LogP contribution in [0.5, 0.6) is 0 Å². The quantitative estimate of drug-likeness (QED) is 0.0181. The first kappa shape index (κ1) is 108. The van der Waals surface area contributed by atoms with E-state index in [1.807, 2.05) is 57.5 Å². The van der Waals surface area contributed by atoms with Crippen molar-refractivity contribution in [2.24, 2.45) is 5.73 Å². The van der Waals surface area contributed by atoms with Crippen molar-refractivity contribution in [1.82, 2.24) is 34.7 Å². The molecule has 4 N–H and O–H groups in total. The van der Waals surface area contributed by atoms with E-state index in [0.29, 0.717) is 158 Å². The predicted molar refractivity (Wildman–Crippen MR) is 491 cm³/mol. The summed E-state index contributed by atoms with van der Waals surface area (Å²) in [5, 5.41) is 6.28. The lowest BCUT2D eigenvalue weighted by molar-refractivity contribution is -0.197. The molecule has 0 spiro atoms. The highest BCUT2D eigenvalue weighted by Gasteiger charge is 2.39. The van der Waals surface area contributed by atoms with E-state index >= 15 is 0 Å². The number of alkyl halides is 1. The van der Waals surface area contributed by atoms with Gasteiger partial charge in [0, 0.05) is 159 Å². The Balaban J connectivity index is 0.000000301. The summed E-state index contributed by atoms with van der Waals surface area (Å²) in [5.74, 6) is -6.62. The summed E-state index contributed by atoms with van der Waals surface area (Å²) in [7, 11) is -5.74. The minimum absolute atomic E-state index is 0.00966. The Morgan fingerprint density at radius 3 is 1.17 bits per heavy atom. The normalized spacial score (nSPS) is 16.6. The molecule has 5 aliphatic heterocycles. The van der Waals surface area contributed by atoms with E-state index in [-0.39, 0.29) is 142 Å². The number of hydroxylamine groups is 2. The van der Waals surface area contributed by atoms with Crippen molar-refractivity contribution in [1.29, 1.82) is 0 Å². The number of benzene rings is 6. The standard InChI is InChI=1S/C52H66Cl4N4O12S2.C25H34Cl2N2O5S.C11H10N2O7.CH3F/c1-59-33-45(43-29-39(53)31-49(55)47(43)35-59)37-7-3-9-41(27-37)73(63,64)26-6-15-68-19-23-71-22-18-67-14-5-11-51(61)52(62)57-12-16-69-20-24-72-25-21-70-17-13-58-74(65,66)42-10-4-8-38(28-42)46-34-60(2)36-48-44(46)30-40(54)32-50(48)56;1-29-17-23(22-15-20(26)16-25(27)24(22)18-29)19-4-2-5-21(14-19)35(30,31)13-3-7-32-9-11-34-12-10-33-8-6-28;14-6(5-12-7(15)1-2-8(12)16)11(19)20-13-9(17)3-4-10(13)18;1-2/h3-4,7-10,27-32,45-46,58H,5-6,11-26,33-36H2,1-2H3,(H,57,62);2,4-5,14-16,23H,3,6-13,17-18,28H2,1H3;1-5H2;1H3/i;;;1D. The summed E-state index contributed by atoms with van der Waals surface area (Å²) in [6.07, 6.45) is 0.949. The molecule has 6 aromatic carbocycles. The van der Waals surface area contributed by atoms with Crippen molar-refractivity contribution in [3.8, 4) is 0 Å². The van der Waals surface area contributed by atoms with Crippen LogP contribution in [0.4, 0.5) is 4.39 Å². The van der Waals surface area contributed by atoms with Gasteiger partial charge in [-0.15, -0.1) is 5.06 Å². The molecule has 720 valence electrons. The molecule has 0 saturated carbocycles. The maximum atomic E-state index is 13.2. The second-order valence-electron chi connectivity index (χ2n) is 30.9. The molecule has 11 rings (SSSR count). The number of hydrogen-bond donors (Lipinski definition) is 3. The van der Waals surface area contributed by atoms with Gasteiger partial charge >= 0.3 is 5.97 Å². The van der Waals surface area contributed by atoms with Gasteiger partial charge in [0.25, 0.3) is 23.5 Å². The zero-order chi connectivity index (χ0) is 95.9. The molecule has 42 heteroatoms. The molecule has 0 aliphatic carbocycles. The van der Waals surface area contributed by atoms with Gasteiger partial charge in [0.1, 0.15) is 0 Å². The van der Waals surface area contributed by atoms with Crippen molar-refractivity contribution in [2.75, 3.05) is 205 Å². The topological polar surface area (TPSA) is 398 Å². The molecule has 0 radical (unpaired) electrons. The first-order valence-corrected chi connectivity index (χ1v) is 49.4. The monoisotopic (exact) mass is 2000 g/mol. The predicted octanol–water partition coefficient (Wildman–Crippen LogP) is 9.80. The van der Waals surface area contributed by atoms with Crippen LogP contribution in [0.3, 0.4) is 0 Å². The highest BCUT2D eigenvalue weighted by atomic mass is 35.5. The van der Waals surface area contributed by atoms with Crippen molar-refractivity contribution in [3.63, 3.8) is 0 Å². The summed E-state index contributed by atoms with van der Waals surface area (Å²) in [6.45, 7) is 10.2. The number of likely N-dealkylation sites (tertiary alicyclic amines) is 1. The number of ether oxygens (including phenoxy) is 9. The van der Waals surface area contributed by atoms with Gasteiger partial charge in [0.05, 0.1) is 140 Å². The molecule has 32 nitrogen and oxygen atoms in total. The van der Waals surface area contributed by atoms with Crippen molar-refractivity contribution in [3.05, 3.63) is 189 Å². The number of nitrogens with zero attached hydrogens (tertiary/aromatic N) is 5. The number of likely N-dealkylation sites (N-methyl/N-ethyl adjacent to an activating group) is 3. The fourth-order valence-electron chi connectivity index (χ4n) is 14.7. The lowest BCUT2D eigenvalue weighted by Crippen LogP contribution is -2.41. The molecule has 6 aromatic rings. The van der Waals surface area contributed by atoms with E-state index < -0.39 is 90.5 Å². The average molecular weight is 2010 g/mol. The number of hydrogen-bond acceptors (Lipinski definition) is 28. The van der Waals surface area contributed by atoms with Crippen LogP contribution in [0.2, 0.25) is 30.1 Å². The fraction of sp³-hybridized carbons (Fsp3) is 0.506. The Labute approximate surface area is 795 Å². The third-order valence-corrected chi connectivity index (χ3v) is 27.8. The number of nitrogens with two attached hydrogens (primary N) is 1. The number of Topliss-reactive ketones (excluding diaryl/α,β-unsaturated/α-hetero) is 2. The van der Waals surface area contributed by atoms with Crippen LogP contribution >= 0.6 is 69.6 Å². The first-order valence-electron chi connectivity index (χ1n) is 43.1. The van der Waals surface area contributed by atoms with Crippen LogP contribution in [-0.4, -0.2) is 302 Å². The Bertz CT molecular complexity index is 4980. The maximum absolute atomic E-state index is 13.2. The number of fused-ring (bicyclic) bond motifs is 3. The summed E-state index contributed by atoms with van der Waals surface area (Å²) in [4.78, 5) is 104. The SMILES string of the molecule is CN1Cc2c(Cl)cc(Cl)cc2C(c2cccc(S(=O)(=O)CCCOCCOCCOCCCC(=O)C(=O)NCCOCCOCCOCCNS(=O)(=O)c3cccc(C4CN(C)Cc5c(Cl)cc(Cl)cc54)c3)c2)C1.CN1Cc2c(Cl)cc(Cl)cc2C(c2cccc(S(=O)(=O)CCCOCCOCCOCCN)c2)C1.O=C(CN1C(=O)CCC1=O)C(=O)ON1C(=O)CCC1=O.[2H]CF. The van der Waals surface area contributed by atoms with Crippen LogP contribution in [0.15, 0.2) is 124 Å². The van der Waals surface area contributed by atoms with E-state index in [9.17, 15) is 68.0 Å². The third-order valence-electron chi connectivity index (χ3n) is 21.1. The highest BCUT2D eigenvalue weighted by molar-refractivity contribution is 7.91. The molecule has 131 heavy (non-hydrogen) atoms. The van der Waals surface area contributed by atoms with Crippen LogP contribution in [0, 0.1) is 0 Å². The van der Waals surface area contributed by atoms with Gasteiger partial charge in [-0.1, -0.05) is 106 Å². The summed E-state index contributed by atoms with van der Waals surface area (Å²) < 4.78 is 146. The second kappa shape index (κ2) is 55.8. The number of ketones is 2. The molecule has 2 fully saturated rings. The number of carbonyl (C=O) groups excluding carboxylic acids is 8. The lowest BCUT2D eigenvalue weighted by Gasteiger charge is -2.33. The van der Waals surface area contributed by atoms with E-state index in [1.54, 1.807) is 72.8 Å². The van der Waals surface area contributed by atoms with Crippen LogP contribution in [-0.2, 0) is 135 Å². The van der Waals surface area contributed by atoms with Gasteiger partial charge < -0.3 is 73.2 Å². The smallest absolute Gasteiger partial charge is 0.379 e. The van der Waals surface area contributed by atoms with Gasteiger partial charge in [-0.25, -0.2) is 34.8 Å². The molecule has 0 aromatic heterocycles. The number of halogens is 7. The second-order valence-corrected chi connectivity index (χ2v) is 39.4. The van der Waals surface area contributed by atoms with Gasteiger partial charge in [-0.2, -0.15) is 0 Å². The van der Waals surface area contributed by atoms with Gasteiger partial charge in [-0.3, -0.25) is 42.9 Å². The number of nitrogens with one attached hydrogen (secondary N) is 2. The Morgan fingerprint density at radius 1 is 0.443 bits per heavy atom. The third kappa shape index (κ3) is 34.9. The van der Waals surface area contributed by atoms with Gasteiger partial charge in [0.2, 0.25) is 27.6 Å². The Kier molecular flexibility index (Phi) is 45.8. The number of rotatable bonds is 50.